The largest absolute Gasteiger partial charge is 0.397 e. The molecule has 7 aliphatic rings. The summed E-state index contributed by atoms with van der Waals surface area (Å²) in [6.07, 6.45) is -7.01. The zero-order chi connectivity index (χ0) is 77.1. The van der Waals surface area contributed by atoms with E-state index in [-0.39, 0.29) is 116 Å². The van der Waals surface area contributed by atoms with Crippen molar-refractivity contribution in [2.24, 2.45) is 41.4 Å². The number of nitrogens with zero attached hydrogens (tertiary/aromatic N) is 9. The number of hydrogen-bond donors (Lipinski definition) is 3. The Hall–Kier alpha value is -6.75. The van der Waals surface area contributed by atoms with E-state index in [1.54, 1.807) is 20.8 Å². The molecule has 588 valence electrons. The van der Waals surface area contributed by atoms with Crippen LogP contribution in [0.1, 0.15) is 191 Å². The number of morpholine rings is 1. The molecule has 0 aromatic heterocycles. The average molecular weight is 1480 g/mol. The predicted octanol–water partition coefficient (Wildman–Crippen LogP) is 5.64. The summed E-state index contributed by atoms with van der Waals surface area (Å²) >= 11 is 0. The van der Waals surface area contributed by atoms with Gasteiger partial charge in [0, 0.05) is 68.0 Å². The molecule has 4 saturated heterocycles. The van der Waals surface area contributed by atoms with Gasteiger partial charge in [-0.15, -0.1) is 0 Å². The number of alkyl halides is 5. The van der Waals surface area contributed by atoms with Crippen LogP contribution in [0.15, 0.2) is 0 Å². The zero-order valence-corrected chi connectivity index (χ0v) is 63.9. The second-order valence-corrected chi connectivity index (χ2v) is 31.6. The number of hydrogen-bond acceptors (Lipinski definition) is 13. The number of carbonyl (C=O) groups excluding carboxylic acids is 12. The summed E-state index contributed by atoms with van der Waals surface area (Å²) in [6.45, 7) is 16.2. The van der Waals surface area contributed by atoms with Crippen LogP contribution < -0.4 is 16.0 Å². The van der Waals surface area contributed by atoms with Gasteiger partial charge in [-0.1, -0.05) is 99.8 Å². The number of rotatable bonds is 13. The van der Waals surface area contributed by atoms with Crippen molar-refractivity contribution in [3.63, 3.8) is 0 Å². The number of likely N-dealkylation sites (N-methyl/N-ethyl adjacent to an activating group) is 6. The predicted molar refractivity (Wildman–Crippen MR) is 376 cm³/mol. The van der Waals surface area contributed by atoms with Crippen molar-refractivity contribution in [3.05, 3.63) is 0 Å². The van der Waals surface area contributed by atoms with Crippen molar-refractivity contribution in [1.82, 2.24) is 60.0 Å². The topological polar surface area (TPSA) is 279 Å². The number of nitrogens with one attached hydrogen (secondary N) is 3. The van der Waals surface area contributed by atoms with E-state index in [4.69, 9.17) is 4.74 Å². The van der Waals surface area contributed by atoms with E-state index in [1.165, 1.54) is 76.5 Å². The highest BCUT2D eigenvalue weighted by Crippen LogP contribution is 2.45. The molecule has 1 spiro atoms. The quantitative estimate of drug-likeness (QED) is 0.189. The van der Waals surface area contributed by atoms with Gasteiger partial charge in [0.05, 0.1) is 26.2 Å². The highest BCUT2D eigenvalue weighted by atomic mass is 19.4. The van der Waals surface area contributed by atoms with Crippen molar-refractivity contribution in [1.29, 1.82) is 0 Å². The lowest BCUT2D eigenvalue weighted by atomic mass is 9.76. The van der Waals surface area contributed by atoms with Crippen molar-refractivity contribution >= 4 is 70.9 Å². The summed E-state index contributed by atoms with van der Waals surface area (Å²) < 4.78 is 78.1. The van der Waals surface area contributed by atoms with E-state index in [0.717, 1.165) is 35.5 Å². The van der Waals surface area contributed by atoms with Gasteiger partial charge < -0.3 is 64.8 Å². The van der Waals surface area contributed by atoms with Gasteiger partial charge >= 0.3 is 6.18 Å². The summed E-state index contributed by atoms with van der Waals surface area (Å²) in [5, 5.41) is 8.64. The minimum Gasteiger partial charge on any atom is -0.378 e. The number of amides is 12. The lowest BCUT2D eigenvalue weighted by molar-refractivity contribution is -0.219. The van der Waals surface area contributed by atoms with Crippen LogP contribution in [0.4, 0.5) is 22.0 Å². The molecular formula is C74H119F5N12O13. The molecule has 7 fully saturated rings. The molecule has 4 aliphatic heterocycles. The fraction of sp³-hybridized carbons (Fsp3) is 0.838. The SMILES string of the molecule is CC[C@H](C)[C@@H]1NC(=O)[C@H](CC(C)C)N(C)C(=O)C[C@@H](C(=O)N2CCOCC2)N(C)C(=O)[C@H]([C@@H](C)CC)N(C)C(=O)C2(CCCC2)NC(=O)[C@@H]2CCCN2C(=O)[C@H](CCC2CC(F)C(C(F)(F)F)C(F)C2)NC(=O)CN(C)C(=O)[C@H](CC2CCC(C)CC2)N(CC)C(=O)[C@@H]2CCN2C(=O)[C@H](C)N(C)C1=O. The molecule has 0 aromatic rings. The molecule has 13 atom stereocenters. The van der Waals surface area contributed by atoms with Gasteiger partial charge in [-0.2, -0.15) is 13.2 Å². The van der Waals surface area contributed by atoms with Gasteiger partial charge in [-0.3, -0.25) is 57.5 Å². The van der Waals surface area contributed by atoms with Crippen LogP contribution in [0.25, 0.3) is 0 Å². The minimum atomic E-state index is -5.16. The monoisotopic (exact) mass is 1480 g/mol. The summed E-state index contributed by atoms with van der Waals surface area (Å²) in [7, 11) is 7.00. The normalized spacial score (nSPS) is 32.5. The van der Waals surface area contributed by atoms with E-state index in [2.05, 4.69) is 22.9 Å². The summed E-state index contributed by atoms with van der Waals surface area (Å²) in [5.41, 5.74) is -1.64. The molecule has 0 aromatic carbocycles. The van der Waals surface area contributed by atoms with Crippen LogP contribution in [0.5, 0.6) is 0 Å². The Labute approximate surface area is 611 Å². The van der Waals surface area contributed by atoms with E-state index in [0.29, 0.717) is 31.6 Å². The lowest BCUT2D eigenvalue weighted by Gasteiger charge is -2.46. The summed E-state index contributed by atoms with van der Waals surface area (Å²) in [6, 6.07) is -11.5. The Morgan fingerprint density at radius 1 is 0.615 bits per heavy atom. The maximum atomic E-state index is 15.6. The van der Waals surface area contributed by atoms with E-state index in [9.17, 15) is 37.1 Å². The maximum absolute atomic E-state index is 15.6. The third-order valence-corrected chi connectivity index (χ3v) is 24.0. The second kappa shape index (κ2) is 36.7. The third-order valence-electron chi connectivity index (χ3n) is 24.0. The van der Waals surface area contributed by atoms with Gasteiger partial charge in [0.15, 0.2) is 0 Å². The van der Waals surface area contributed by atoms with Crippen LogP contribution in [0.2, 0.25) is 0 Å². The molecule has 25 nitrogen and oxygen atoms in total. The molecular weight excluding hydrogens is 1360 g/mol. The number of carbonyl (C=O) groups is 12. The molecule has 104 heavy (non-hydrogen) atoms. The lowest BCUT2D eigenvalue weighted by Crippen LogP contribution is -2.65. The molecule has 3 N–H and O–H groups in total. The number of ether oxygens (including phenoxy) is 1. The van der Waals surface area contributed by atoms with E-state index < -0.39 is 199 Å². The molecule has 0 radical (unpaired) electrons. The van der Waals surface area contributed by atoms with E-state index >= 15 is 42.3 Å². The first-order valence-electron chi connectivity index (χ1n) is 38.3. The summed E-state index contributed by atoms with van der Waals surface area (Å²) in [5.74, 6) is -13.0. The Balaban J connectivity index is 1.30. The first-order chi connectivity index (χ1) is 48.9. The van der Waals surface area contributed by atoms with Gasteiger partial charge in [0.25, 0.3) is 0 Å². The van der Waals surface area contributed by atoms with Crippen molar-refractivity contribution < 1.29 is 84.2 Å². The molecule has 3 saturated carbocycles. The van der Waals surface area contributed by atoms with Crippen LogP contribution >= 0.6 is 0 Å². The van der Waals surface area contributed by atoms with Gasteiger partial charge in [-0.05, 0) is 120 Å². The fourth-order valence-electron chi connectivity index (χ4n) is 16.8. The smallest absolute Gasteiger partial charge is 0.378 e. The average Bonchev–Trinajstić information content (AvgIpc) is 1.65. The van der Waals surface area contributed by atoms with Gasteiger partial charge in [0.1, 0.15) is 78.2 Å². The van der Waals surface area contributed by atoms with Crippen molar-refractivity contribution in [3.8, 4) is 0 Å². The first kappa shape index (κ1) is 84.5. The fourth-order valence-corrected chi connectivity index (χ4v) is 16.8. The second-order valence-electron chi connectivity index (χ2n) is 31.6. The zero-order valence-electron chi connectivity index (χ0n) is 63.9. The molecule has 7 rings (SSSR count). The minimum absolute atomic E-state index is 0.000311. The van der Waals surface area contributed by atoms with Crippen LogP contribution in [0, 0.1) is 41.4 Å². The van der Waals surface area contributed by atoms with Crippen LogP contribution in [-0.2, 0) is 62.3 Å². The molecule has 4 heterocycles. The third kappa shape index (κ3) is 19.7. The highest BCUT2D eigenvalue weighted by molar-refractivity contribution is 6.01. The molecule has 3 aliphatic carbocycles. The standard InChI is InChI=1S/C74H119F5N12O13/c1-15-45(7)61-70(101)84(11)47(9)65(96)91-32-28-54(91)69(100)89(17-3)57(40-48-24-22-44(6)23-25-48)67(98)83(10)42-58(92)80-52(27-26-49-38-50(75)60(51(76)39-49)74(77,78)79)66(97)90-31-20-21-53(90)64(95)82-73(29-18-19-30-73)72(103)87(14)62(46(8)16-2)71(102)86(13)56(68(99)88-33-35-104-36-34-88)41-59(93)85(12)55(37-43(4)5)63(94)81-61/h43-57,60-62H,15-42H2,1-14H3,(H,80,92)(H,81,94)(H,82,95)/t44?,45-,46-,47-,48?,49?,50?,51?,52-,53-,54-,55-,56-,57-,60?,61-,62-/m0/s1. The Morgan fingerprint density at radius 3 is 1.78 bits per heavy atom. The molecule has 0 bridgehead atoms. The molecule has 2 unspecified atom stereocenters. The number of halogens is 5. The van der Waals surface area contributed by atoms with Crippen LogP contribution in [-0.4, -0.2) is 281 Å². The highest BCUT2D eigenvalue weighted by Gasteiger charge is 2.55. The van der Waals surface area contributed by atoms with Crippen molar-refractivity contribution in [2.75, 3.05) is 87.7 Å². The van der Waals surface area contributed by atoms with Crippen molar-refractivity contribution in [2.45, 2.75) is 269 Å². The summed E-state index contributed by atoms with van der Waals surface area (Å²) in [4.78, 5) is 193. The Bertz CT molecular complexity index is 3040. The van der Waals surface area contributed by atoms with E-state index in [1.807, 2.05) is 27.7 Å². The van der Waals surface area contributed by atoms with Crippen LogP contribution in [0.3, 0.4) is 0 Å². The maximum Gasteiger partial charge on any atom is 0.397 e. The first-order valence-corrected chi connectivity index (χ1v) is 38.3. The number of fused-ring (bicyclic) bond motifs is 2. The Kier molecular flexibility index (Phi) is 29.8. The molecule has 12 amide bonds. The molecule has 30 heteroatoms. The van der Waals surface area contributed by atoms with Gasteiger partial charge in [-0.25, -0.2) is 8.78 Å². The Morgan fingerprint density at radius 2 is 1.22 bits per heavy atom. The van der Waals surface area contributed by atoms with Gasteiger partial charge in [0.2, 0.25) is 70.9 Å².